The number of rotatable bonds is 5. The van der Waals surface area contributed by atoms with Crippen LogP contribution in [0.2, 0.25) is 0 Å². The van der Waals surface area contributed by atoms with Crippen molar-refractivity contribution >= 4 is 22.8 Å². The Morgan fingerprint density at radius 2 is 1.92 bits per heavy atom. The number of fused-ring (bicyclic) bond motifs is 3. The molecule has 0 bridgehead atoms. The maximum Gasteiger partial charge on any atom is 0.311 e. The SMILES string of the molecule is CCCC(C(=O)O)c1c(C)nc2nc3n(c2c1N1CCCCC1)CCC3. The number of carboxylic acids is 1. The van der Waals surface area contributed by atoms with Crippen LogP contribution in [0.5, 0.6) is 0 Å². The van der Waals surface area contributed by atoms with Gasteiger partial charge in [-0.05, 0) is 39.0 Å². The van der Waals surface area contributed by atoms with Crippen LogP contribution >= 0.6 is 0 Å². The van der Waals surface area contributed by atoms with E-state index >= 15 is 0 Å². The summed E-state index contributed by atoms with van der Waals surface area (Å²) in [7, 11) is 0. The van der Waals surface area contributed by atoms with Crippen molar-refractivity contribution in [2.24, 2.45) is 0 Å². The molecule has 1 atom stereocenters. The van der Waals surface area contributed by atoms with Gasteiger partial charge in [0.05, 0.1) is 11.6 Å². The Bertz CT molecular complexity index is 836. The zero-order valence-electron chi connectivity index (χ0n) is 15.8. The lowest BCUT2D eigenvalue weighted by Crippen LogP contribution is -2.32. The summed E-state index contributed by atoms with van der Waals surface area (Å²) in [5, 5.41) is 9.95. The van der Waals surface area contributed by atoms with Crippen LogP contribution < -0.4 is 4.90 Å². The maximum atomic E-state index is 12.1. The second-order valence-electron chi connectivity index (χ2n) is 7.64. The van der Waals surface area contributed by atoms with Gasteiger partial charge in [-0.15, -0.1) is 0 Å². The van der Waals surface area contributed by atoms with Crippen molar-refractivity contribution in [3.8, 4) is 0 Å². The molecule has 2 aliphatic heterocycles. The Labute approximate surface area is 154 Å². The molecule has 0 aromatic carbocycles. The summed E-state index contributed by atoms with van der Waals surface area (Å²) in [5.74, 6) is -0.137. The van der Waals surface area contributed by atoms with Gasteiger partial charge in [-0.3, -0.25) is 4.79 Å². The van der Waals surface area contributed by atoms with Gasteiger partial charge in [-0.2, -0.15) is 0 Å². The molecule has 6 nitrogen and oxygen atoms in total. The van der Waals surface area contributed by atoms with Gasteiger partial charge in [0.15, 0.2) is 5.65 Å². The predicted octanol–water partition coefficient (Wildman–Crippen LogP) is 3.64. The van der Waals surface area contributed by atoms with Crippen LogP contribution in [0.3, 0.4) is 0 Å². The highest BCUT2D eigenvalue weighted by Crippen LogP contribution is 2.40. The van der Waals surface area contributed by atoms with E-state index in [0.29, 0.717) is 6.42 Å². The van der Waals surface area contributed by atoms with Crippen molar-refractivity contribution in [2.75, 3.05) is 18.0 Å². The molecule has 6 heteroatoms. The standard InChI is InChI=1S/C20H28N4O2/c1-3-8-14(20(25)26)16-13(2)21-19-18(24-12-7-9-15(24)22-19)17(16)23-10-5-4-6-11-23/h14H,3-12H2,1-2H3,(H,25,26). The van der Waals surface area contributed by atoms with Gasteiger partial charge >= 0.3 is 5.97 Å². The molecule has 4 rings (SSSR count). The summed E-state index contributed by atoms with van der Waals surface area (Å²) < 4.78 is 2.29. The molecular weight excluding hydrogens is 328 g/mol. The van der Waals surface area contributed by atoms with Crippen LogP contribution in [0.4, 0.5) is 5.69 Å². The summed E-state index contributed by atoms with van der Waals surface area (Å²) in [6, 6.07) is 0. The van der Waals surface area contributed by atoms with Crippen LogP contribution in [-0.4, -0.2) is 38.7 Å². The third-order valence-electron chi connectivity index (χ3n) is 5.85. The molecule has 4 heterocycles. The number of carbonyl (C=O) groups is 1. The van der Waals surface area contributed by atoms with Crippen molar-refractivity contribution in [1.29, 1.82) is 0 Å². The Hall–Kier alpha value is -2.11. The maximum absolute atomic E-state index is 12.1. The van der Waals surface area contributed by atoms with Crippen LogP contribution in [-0.2, 0) is 17.8 Å². The fraction of sp³-hybridized carbons (Fsp3) is 0.650. The van der Waals surface area contributed by atoms with Gasteiger partial charge in [0.25, 0.3) is 0 Å². The Morgan fingerprint density at radius 1 is 1.15 bits per heavy atom. The van der Waals surface area contributed by atoms with Gasteiger partial charge in [0.1, 0.15) is 11.3 Å². The van der Waals surface area contributed by atoms with E-state index in [4.69, 9.17) is 9.97 Å². The topological polar surface area (TPSA) is 71.2 Å². The van der Waals surface area contributed by atoms with E-state index in [0.717, 1.165) is 85.7 Å². The number of piperidine rings is 1. The molecule has 1 fully saturated rings. The highest BCUT2D eigenvalue weighted by atomic mass is 16.4. The van der Waals surface area contributed by atoms with Crippen LogP contribution in [0.25, 0.3) is 11.2 Å². The van der Waals surface area contributed by atoms with E-state index in [2.05, 4.69) is 9.47 Å². The number of carboxylic acid groups (broad SMARTS) is 1. The number of hydrogen-bond acceptors (Lipinski definition) is 4. The second-order valence-corrected chi connectivity index (χ2v) is 7.64. The Kier molecular flexibility index (Phi) is 4.59. The number of aliphatic carboxylic acids is 1. The summed E-state index contributed by atoms with van der Waals surface area (Å²) in [4.78, 5) is 24.1. The van der Waals surface area contributed by atoms with Crippen molar-refractivity contribution in [1.82, 2.24) is 14.5 Å². The highest BCUT2D eigenvalue weighted by molar-refractivity contribution is 5.93. The Balaban J connectivity index is 1.99. The average Bonchev–Trinajstić information content (AvgIpc) is 3.20. The molecule has 26 heavy (non-hydrogen) atoms. The zero-order valence-corrected chi connectivity index (χ0v) is 15.8. The quantitative estimate of drug-likeness (QED) is 0.885. The molecular formula is C20H28N4O2. The van der Waals surface area contributed by atoms with Crippen molar-refractivity contribution < 1.29 is 9.90 Å². The summed E-state index contributed by atoms with van der Waals surface area (Å²) >= 11 is 0. The van der Waals surface area contributed by atoms with E-state index < -0.39 is 11.9 Å². The molecule has 0 aliphatic carbocycles. The number of aryl methyl sites for hydroxylation is 3. The third-order valence-corrected chi connectivity index (χ3v) is 5.85. The van der Waals surface area contributed by atoms with Crippen molar-refractivity contribution in [2.45, 2.75) is 71.3 Å². The normalized spacial score (nSPS) is 18.3. The van der Waals surface area contributed by atoms with Crippen LogP contribution in [0.1, 0.15) is 68.4 Å². The molecule has 0 radical (unpaired) electrons. The minimum Gasteiger partial charge on any atom is -0.481 e. The van der Waals surface area contributed by atoms with Gasteiger partial charge in [-0.25, -0.2) is 9.97 Å². The molecule has 1 saturated heterocycles. The largest absolute Gasteiger partial charge is 0.481 e. The molecule has 2 aliphatic rings. The van der Waals surface area contributed by atoms with Gasteiger partial charge in [-0.1, -0.05) is 13.3 Å². The first-order chi connectivity index (χ1) is 12.6. The zero-order chi connectivity index (χ0) is 18.3. The van der Waals surface area contributed by atoms with E-state index in [1.165, 1.54) is 6.42 Å². The molecule has 1 N–H and O–H groups in total. The fourth-order valence-corrected chi connectivity index (χ4v) is 4.68. The summed E-state index contributed by atoms with van der Waals surface area (Å²) in [5.41, 5.74) is 4.72. The number of nitrogens with zero attached hydrogens (tertiary/aromatic N) is 4. The molecule has 140 valence electrons. The van der Waals surface area contributed by atoms with E-state index in [1.54, 1.807) is 0 Å². The number of imidazole rings is 1. The molecule has 0 saturated carbocycles. The Morgan fingerprint density at radius 3 is 2.62 bits per heavy atom. The number of pyridine rings is 1. The van der Waals surface area contributed by atoms with E-state index in [-0.39, 0.29) is 0 Å². The molecule has 0 spiro atoms. The minimum atomic E-state index is -0.740. The lowest BCUT2D eigenvalue weighted by Gasteiger charge is -2.33. The number of hydrogen-bond donors (Lipinski definition) is 1. The second kappa shape index (κ2) is 6.89. The van der Waals surface area contributed by atoms with Gasteiger partial charge in [0.2, 0.25) is 0 Å². The highest BCUT2D eigenvalue weighted by Gasteiger charge is 2.32. The molecule has 0 amide bonds. The third kappa shape index (κ3) is 2.75. The lowest BCUT2D eigenvalue weighted by atomic mass is 9.90. The smallest absolute Gasteiger partial charge is 0.311 e. The van der Waals surface area contributed by atoms with E-state index in [1.807, 2.05) is 13.8 Å². The fourth-order valence-electron chi connectivity index (χ4n) is 4.68. The van der Waals surface area contributed by atoms with E-state index in [9.17, 15) is 9.90 Å². The number of anilines is 1. The summed E-state index contributed by atoms with van der Waals surface area (Å²) in [6.45, 7) is 6.95. The average molecular weight is 356 g/mol. The lowest BCUT2D eigenvalue weighted by molar-refractivity contribution is -0.139. The monoisotopic (exact) mass is 356 g/mol. The van der Waals surface area contributed by atoms with Crippen molar-refractivity contribution in [3.63, 3.8) is 0 Å². The minimum absolute atomic E-state index is 0.499. The van der Waals surface area contributed by atoms with Crippen LogP contribution in [0, 0.1) is 6.92 Å². The van der Waals surface area contributed by atoms with Gasteiger partial charge in [0, 0.05) is 37.3 Å². The first kappa shape index (κ1) is 17.3. The van der Waals surface area contributed by atoms with Crippen molar-refractivity contribution in [3.05, 3.63) is 17.1 Å². The molecule has 1 unspecified atom stereocenters. The predicted molar refractivity (Wildman–Crippen MR) is 102 cm³/mol. The first-order valence-corrected chi connectivity index (χ1v) is 9.99. The summed E-state index contributed by atoms with van der Waals surface area (Å²) in [6.07, 6.45) is 7.16. The first-order valence-electron chi connectivity index (χ1n) is 9.99. The molecule has 2 aromatic rings. The van der Waals surface area contributed by atoms with Crippen LogP contribution in [0.15, 0.2) is 0 Å². The molecule has 2 aromatic heterocycles. The van der Waals surface area contributed by atoms with Gasteiger partial charge < -0.3 is 14.6 Å². The number of aromatic nitrogens is 3.